The van der Waals surface area contributed by atoms with Gasteiger partial charge in [-0.05, 0) is 25.7 Å². The molecule has 0 aliphatic heterocycles. The van der Waals surface area contributed by atoms with Gasteiger partial charge in [-0.25, -0.2) is 13.2 Å². The zero-order valence-electron chi connectivity index (χ0n) is 7.45. The highest BCUT2D eigenvalue weighted by molar-refractivity contribution is 4.99. The molecule has 0 heterocycles. The van der Waals surface area contributed by atoms with Crippen LogP contribution in [0.5, 0.6) is 0 Å². The molecule has 1 unspecified atom stereocenters. The van der Waals surface area contributed by atoms with E-state index in [1.165, 1.54) is 0 Å². The van der Waals surface area contributed by atoms with Gasteiger partial charge in [0.25, 0.3) is 5.92 Å². The van der Waals surface area contributed by atoms with Crippen LogP contribution < -0.4 is 5.32 Å². The predicted octanol–water partition coefficient (Wildman–Crippen LogP) is 2.27. The van der Waals surface area contributed by atoms with E-state index < -0.39 is 17.6 Å². The molecule has 0 aromatic carbocycles. The first kappa shape index (κ1) is 9.31. The van der Waals surface area contributed by atoms with Gasteiger partial charge in [0.15, 0.2) is 0 Å². The first-order valence-corrected chi connectivity index (χ1v) is 4.82. The maximum Gasteiger partial charge on any atom is 0.263 e. The normalized spacial score (nSPS) is 34.8. The summed E-state index contributed by atoms with van der Waals surface area (Å²) in [5, 5.41) is 2.65. The molecule has 0 saturated heterocycles. The highest BCUT2D eigenvalue weighted by Gasteiger charge is 2.47. The van der Waals surface area contributed by atoms with Crippen LogP contribution in [-0.4, -0.2) is 24.2 Å². The smallest absolute Gasteiger partial charge is 0.263 e. The van der Waals surface area contributed by atoms with E-state index in [1.54, 1.807) is 0 Å². The minimum atomic E-state index is -2.62. The first-order valence-electron chi connectivity index (χ1n) is 4.82. The predicted molar refractivity (Wildman–Crippen MR) is 43.7 cm³/mol. The molecule has 1 nitrogen and oxygen atoms in total. The fraction of sp³-hybridized carbons (Fsp3) is 1.00. The Hall–Kier alpha value is -0.250. The van der Waals surface area contributed by atoms with Gasteiger partial charge < -0.3 is 5.32 Å². The molecule has 0 radical (unpaired) electrons. The van der Waals surface area contributed by atoms with Gasteiger partial charge in [0.2, 0.25) is 0 Å². The van der Waals surface area contributed by atoms with Crippen molar-refractivity contribution in [1.29, 1.82) is 0 Å². The van der Waals surface area contributed by atoms with Crippen molar-refractivity contribution in [2.45, 2.75) is 49.7 Å². The van der Waals surface area contributed by atoms with Crippen LogP contribution in [0.4, 0.5) is 13.2 Å². The molecule has 2 aliphatic rings. The summed E-state index contributed by atoms with van der Waals surface area (Å²) in [6.45, 7) is 0.104. The molecule has 4 heteroatoms. The van der Waals surface area contributed by atoms with E-state index in [0.717, 1.165) is 0 Å². The summed E-state index contributed by atoms with van der Waals surface area (Å²) in [6.07, 6.45) is 2.02. The van der Waals surface area contributed by atoms with Gasteiger partial charge in [0.1, 0.15) is 5.67 Å². The van der Waals surface area contributed by atoms with Crippen molar-refractivity contribution < 1.29 is 13.2 Å². The minimum absolute atomic E-state index is 0.0516. The van der Waals surface area contributed by atoms with Gasteiger partial charge in [-0.1, -0.05) is 0 Å². The van der Waals surface area contributed by atoms with Crippen molar-refractivity contribution in [3.8, 4) is 0 Å². The number of halogens is 3. The molecule has 2 saturated carbocycles. The largest absolute Gasteiger partial charge is 0.305 e. The lowest BCUT2D eigenvalue weighted by Gasteiger charge is -2.21. The quantitative estimate of drug-likeness (QED) is 0.725. The average molecular weight is 193 g/mol. The Bertz CT molecular complexity index is 201. The van der Waals surface area contributed by atoms with Gasteiger partial charge in [-0.15, -0.1) is 0 Å². The van der Waals surface area contributed by atoms with E-state index in [0.29, 0.717) is 25.7 Å². The molecule has 0 bridgehead atoms. The van der Waals surface area contributed by atoms with Crippen LogP contribution in [-0.2, 0) is 0 Å². The van der Waals surface area contributed by atoms with Crippen molar-refractivity contribution >= 4 is 0 Å². The SMILES string of the molecule is FC1(CNC2CCCC2(F)F)CC1. The lowest BCUT2D eigenvalue weighted by molar-refractivity contribution is -0.0195. The van der Waals surface area contributed by atoms with Crippen molar-refractivity contribution in [3.63, 3.8) is 0 Å². The number of alkyl halides is 3. The molecule has 0 aromatic heterocycles. The van der Waals surface area contributed by atoms with Crippen LogP contribution in [0.15, 0.2) is 0 Å². The minimum Gasteiger partial charge on any atom is -0.305 e. The fourth-order valence-electron chi connectivity index (χ4n) is 1.80. The highest BCUT2D eigenvalue weighted by Crippen LogP contribution is 2.40. The summed E-state index contributed by atoms with van der Waals surface area (Å²) in [7, 11) is 0. The Morgan fingerprint density at radius 3 is 2.31 bits per heavy atom. The molecule has 2 fully saturated rings. The standard InChI is InChI=1S/C9H14F3N/c10-8(4-5-8)6-13-7-2-1-3-9(7,11)12/h7,13H,1-6H2. The maximum absolute atomic E-state index is 13.1. The second-order valence-corrected chi connectivity index (χ2v) is 4.24. The van der Waals surface area contributed by atoms with Crippen LogP contribution in [0.2, 0.25) is 0 Å². The monoisotopic (exact) mass is 193 g/mol. The van der Waals surface area contributed by atoms with Crippen LogP contribution in [0.3, 0.4) is 0 Å². The fourth-order valence-corrected chi connectivity index (χ4v) is 1.80. The number of rotatable bonds is 3. The number of nitrogens with one attached hydrogen (secondary N) is 1. The summed E-state index contributed by atoms with van der Waals surface area (Å²) >= 11 is 0. The van der Waals surface area contributed by atoms with E-state index in [9.17, 15) is 13.2 Å². The summed E-state index contributed by atoms with van der Waals surface area (Å²) in [6, 6.07) is -0.791. The summed E-state index contributed by atoms with van der Waals surface area (Å²) in [5.74, 6) is -2.62. The topological polar surface area (TPSA) is 12.0 Å². The van der Waals surface area contributed by atoms with Gasteiger partial charge in [0.05, 0.1) is 6.04 Å². The van der Waals surface area contributed by atoms with Crippen LogP contribution in [0, 0.1) is 0 Å². The van der Waals surface area contributed by atoms with E-state index in [2.05, 4.69) is 5.32 Å². The number of hydrogen-bond acceptors (Lipinski definition) is 1. The molecule has 1 N–H and O–H groups in total. The Morgan fingerprint density at radius 2 is 1.85 bits per heavy atom. The Morgan fingerprint density at radius 1 is 1.15 bits per heavy atom. The molecule has 0 aromatic rings. The Labute approximate surface area is 75.7 Å². The molecule has 13 heavy (non-hydrogen) atoms. The molecule has 76 valence electrons. The first-order chi connectivity index (χ1) is 6.02. The molecular weight excluding hydrogens is 179 g/mol. The second kappa shape index (κ2) is 2.87. The van der Waals surface area contributed by atoms with Gasteiger partial charge in [0, 0.05) is 13.0 Å². The molecule has 2 rings (SSSR count). The molecular formula is C9H14F3N. The van der Waals surface area contributed by atoms with Gasteiger partial charge in [-0.2, -0.15) is 0 Å². The van der Waals surface area contributed by atoms with E-state index in [4.69, 9.17) is 0 Å². The summed E-state index contributed by atoms with van der Waals surface area (Å²) in [5.41, 5.74) is -1.17. The third kappa shape index (κ3) is 1.98. The number of hydrogen-bond donors (Lipinski definition) is 1. The van der Waals surface area contributed by atoms with E-state index in [-0.39, 0.29) is 13.0 Å². The molecule has 0 amide bonds. The van der Waals surface area contributed by atoms with Crippen molar-refractivity contribution in [1.82, 2.24) is 5.32 Å². The van der Waals surface area contributed by atoms with E-state index in [1.807, 2.05) is 0 Å². The molecule has 0 spiro atoms. The third-order valence-corrected chi connectivity index (χ3v) is 2.97. The van der Waals surface area contributed by atoms with Crippen LogP contribution in [0.25, 0.3) is 0 Å². The third-order valence-electron chi connectivity index (χ3n) is 2.97. The van der Waals surface area contributed by atoms with Crippen molar-refractivity contribution in [2.75, 3.05) is 6.54 Å². The van der Waals surface area contributed by atoms with Gasteiger partial charge >= 0.3 is 0 Å². The Balaban J connectivity index is 1.81. The van der Waals surface area contributed by atoms with E-state index >= 15 is 0 Å². The van der Waals surface area contributed by atoms with Crippen LogP contribution >= 0.6 is 0 Å². The zero-order valence-corrected chi connectivity index (χ0v) is 7.45. The lowest BCUT2D eigenvalue weighted by Crippen LogP contribution is -2.43. The highest BCUT2D eigenvalue weighted by atomic mass is 19.3. The van der Waals surface area contributed by atoms with Gasteiger partial charge in [-0.3, -0.25) is 0 Å². The molecule has 1 atom stereocenters. The average Bonchev–Trinajstić information content (AvgIpc) is 2.66. The second-order valence-electron chi connectivity index (χ2n) is 4.24. The zero-order chi connectivity index (χ0) is 9.53. The van der Waals surface area contributed by atoms with Crippen LogP contribution in [0.1, 0.15) is 32.1 Å². The van der Waals surface area contributed by atoms with Crippen molar-refractivity contribution in [2.24, 2.45) is 0 Å². The summed E-state index contributed by atoms with van der Waals surface area (Å²) in [4.78, 5) is 0. The lowest BCUT2D eigenvalue weighted by atomic mass is 10.2. The van der Waals surface area contributed by atoms with Crippen molar-refractivity contribution in [3.05, 3.63) is 0 Å². The summed E-state index contributed by atoms with van der Waals surface area (Å²) < 4.78 is 39.1. The molecule has 2 aliphatic carbocycles. The Kier molecular flexibility index (Phi) is 2.06. The maximum atomic E-state index is 13.1.